The second-order valence-corrected chi connectivity index (χ2v) is 6.75. The number of benzene rings is 1. The maximum Gasteiger partial charge on any atom is 0.256 e. The average molecular weight is 337 g/mol. The number of thiophene rings is 1. The van der Waals surface area contributed by atoms with Crippen molar-refractivity contribution in [3.05, 3.63) is 50.1 Å². The molecule has 1 aromatic carbocycles. The molecule has 0 bridgehead atoms. The van der Waals surface area contributed by atoms with Crippen molar-refractivity contribution in [3.63, 3.8) is 0 Å². The zero-order valence-electron chi connectivity index (χ0n) is 10.2. The van der Waals surface area contributed by atoms with E-state index in [2.05, 4.69) is 32.6 Å². The molecule has 0 saturated carbocycles. The summed E-state index contributed by atoms with van der Waals surface area (Å²) in [7, 11) is 0. The Kier molecular flexibility index (Phi) is 3.68. The first kappa shape index (κ1) is 12.8. The largest absolute Gasteiger partial charge is 0.322 e. The zero-order chi connectivity index (χ0) is 13.2. The number of hydrogen-bond donors (Lipinski definition) is 2. The molecule has 1 aliphatic rings. The number of fused-ring (bicyclic) bond motifs is 1. The topological polar surface area (TPSA) is 41.1 Å². The van der Waals surface area contributed by atoms with Gasteiger partial charge in [0.05, 0.1) is 9.35 Å². The molecule has 0 saturated heterocycles. The third-order valence-corrected chi connectivity index (χ3v) is 4.72. The minimum Gasteiger partial charge on any atom is -0.322 e. The summed E-state index contributed by atoms with van der Waals surface area (Å²) in [6.07, 6.45) is 0.957. The number of anilines is 1. The summed E-state index contributed by atoms with van der Waals surface area (Å²) in [6.45, 7) is 1.84. The second-order valence-electron chi connectivity index (χ2n) is 4.46. The summed E-state index contributed by atoms with van der Waals surface area (Å²) in [4.78, 5) is 12.2. The van der Waals surface area contributed by atoms with Gasteiger partial charge in [0.15, 0.2) is 0 Å². The highest BCUT2D eigenvalue weighted by molar-refractivity contribution is 9.11. The summed E-state index contributed by atoms with van der Waals surface area (Å²) in [6, 6.07) is 7.92. The van der Waals surface area contributed by atoms with Crippen molar-refractivity contribution in [3.8, 4) is 0 Å². The molecule has 1 aliphatic heterocycles. The van der Waals surface area contributed by atoms with Gasteiger partial charge in [0, 0.05) is 17.6 Å². The highest BCUT2D eigenvalue weighted by atomic mass is 79.9. The van der Waals surface area contributed by atoms with Gasteiger partial charge in [0.1, 0.15) is 0 Å². The van der Waals surface area contributed by atoms with Crippen molar-refractivity contribution in [2.24, 2.45) is 0 Å². The third kappa shape index (κ3) is 2.73. The summed E-state index contributed by atoms with van der Waals surface area (Å²) >= 11 is 4.89. The van der Waals surface area contributed by atoms with Gasteiger partial charge in [0.2, 0.25) is 0 Å². The van der Waals surface area contributed by atoms with Gasteiger partial charge >= 0.3 is 0 Å². The highest BCUT2D eigenvalue weighted by Crippen LogP contribution is 2.25. The molecular weight excluding hydrogens is 324 g/mol. The quantitative estimate of drug-likeness (QED) is 0.882. The summed E-state index contributed by atoms with van der Waals surface area (Å²) in [5.74, 6) is -0.0473. The van der Waals surface area contributed by atoms with E-state index >= 15 is 0 Å². The van der Waals surface area contributed by atoms with Gasteiger partial charge in [-0.3, -0.25) is 4.79 Å². The van der Waals surface area contributed by atoms with Crippen LogP contribution in [0.15, 0.2) is 33.4 Å². The van der Waals surface area contributed by atoms with Crippen molar-refractivity contribution >= 4 is 38.9 Å². The van der Waals surface area contributed by atoms with Gasteiger partial charge < -0.3 is 10.6 Å². The molecule has 1 amide bonds. The van der Waals surface area contributed by atoms with Gasteiger partial charge in [0.25, 0.3) is 5.91 Å². The zero-order valence-corrected chi connectivity index (χ0v) is 12.6. The van der Waals surface area contributed by atoms with Crippen LogP contribution < -0.4 is 10.6 Å². The van der Waals surface area contributed by atoms with E-state index in [1.165, 1.54) is 22.5 Å². The minimum atomic E-state index is -0.0473. The van der Waals surface area contributed by atoms with Crippen LogP contribution in [0.4, 0.5) is 5.69 Å². The van der Waals surface area contributed by atoms with E-state index < -0.39 is 0 Å². The van der Waals surface area contributed by atoms with E-state index in [1.807, 2.05) is 23.6 Å². The molecule has 2 heterocycles. The van der Waals surface area contributed by atoms with Gasteiger partial charge in [-0.1, -0.05) is 12.1 Å². The fourth-order valence-corrected chi connectivity index (χ4v) is 3.41. The van der Waals surface area contributed by atoms with Gasteiger partial charge in [-0.2, -0.15) is 0 Å². The van der Waals surface area contributed by atoms with Crippen LogP contribution in [0.3, 0.4) is 0 Å². The van der Waals surface area contributed by atoms with Crippen LogP contribution in [0, 0.1) is 0 Å². The number of nitrogens with one attached hydrogen (secondary N) is 2. The number of hydrogen-bond acceptors (Lipinski definition) is 3. The minimum absolute atomic E-state index is 0.0473. The smallest absolute Gasteiger partial charge is 0.256 e. The number of carbonyl (C=O) groups is 1. The highest BCUT2D eigenvalue weighted by Gasteiger charge is 2.15. The molecule has 98 valence electrons. The molecular formula is C14H13BrN2OS. The van der Waals surface area contributed by atoms with Gasteiger partial charge in [-0.25, -0.2) is 0 Å². The van der Waals surface area contributed by atoms with Crippen molar-refractivity contribution < 1.29 is 4.79 Å². The Hall–Kier alpha value is -1.17. The molecule has 5 heteroatoms. The standard InChI is InChI=1S/C14H13BrN2OS/c15-13-6-10(8-19-13)14(18)17-12-3-1-2-9-7-16-5-4-11(9)12/h1-3,6,8,16H,4-5,7H2,(H,17,18). The molecule has 3 rings (SSSR count). The maximum absolute atomic E-state index is 12.2. The fraction of sp³-hybridized carbons (Fsp3) is 0.214. The Labute approximate surface area is 124 Å². The molecule has 0 fully saturated rings. The molecule has 3 nitrogen and oxygen atoms in total. The molecule has 2 aromatic rings. The van der Waals surface area contributed by atoms with Crippen LogP contribution in [-0.4, -0.2) is 12.5 Å². The number of carbonyl (C=O) groups excluding carboxylic acids is 1. The first-order valence-corrected chi connectivity index (χ1v) is 7.78. The Balaban J connectivity index is 1.85. The van der Waals surface area contributed by atoms with E-state index in [4.69, 9.17) is 0 Å². The normalized spacial score (nSPS) is 13.9. The lowest BCUT2D eigenvalue weighted by Gasteiger charge is -2.20. The molecule has 0 unspecified atom stereocenters. The van der Waals surface area contributed by atoms with Crippen molar-refractivity contribution in [2.45, 2.75) is 13.0 Å². The van der Waals surface area contributed by atoms with Crippen molar-refractivity contribution in [1.82, 2.24) is 5.32 Å². The predicted molar refractivity (Wildman–Crippen MR) is 81.8 cm³/mol. The summed E-state index contributed by atoms with van der Waals surface area (Å²) in [5.41, 5.74) is 4.16. The Bertz CT molecular complexity index is 624. The fourth-order valence-electron chi connectivity index (χ4n) is 2.27. The Morgan fingerprint density at radius 1 is 1.42 bits per heavy atom. The van der Waals surface area contributed by atoms with Crippen LogP contribution in [-0.2, 0) is 13.0 Å². The van der Waals surface area contributed by atoms with Gasteiger partial charge in [-0.05, 0) is 52.2 Å². The summed E-state index contributed by atoms with van der Waals surface area (Å²) in [5, 5.41) is 8.22. The maximum atomic E-state index is 12.2. The monoisotopic (exact) mass is 336 g/mol. The molecule has 2 N–H and O–H groups in total. The predicted octanol–water partition coefficient (Wildman–Crippen LogP) is 3.41. The van der Waals surface area contributed by atoms with Crippen molar-refractivity contribution in [2.75, 3.05) is 11.9 Å². The first-order chi connectivity index (χ1) is 9.24. The molecule has 0 aliphatic carbocycles. The Morgan fingerprint density at radius 3 is 3.11 bits per heavy atom. The molecule has 1 aromatic heterocycles. The lowest BCUT2D eigenvalue weighted by atomic mass is 9.99. The lowest BCUT2D eigenvalue weighted by Crippen LogP contribution is -2.25. The SMILES string of the molecule is O=C(Nc1cccc2c1CCNC2)c1csc(Br)c1. The van der Waals surface area contributed by atoms with E-state index in [1.54, 1.807) is 0 Å². The third-order valence-electron chi connectivity index (χ3n) is 3.22. The van der Waals surface area contributed by atoms with Crippen LogP contribution in [0.1, 0.15) is 21.5 Å². The number of rotatable bonds is 2. The molecule has 0 radical (unpaired) electrons. The van der Waals surface area contributed by atoms with Crippen LogP contribution in [0.25, 0.3) is 0 Å². The van der Waals surface area contributed by atoms with E-state index in [0.29, 0.717) is 5.56 Å². The van der Waals surface area contributed by atoms with E-state index in [-0.39, 0.29) is 5.91 Å². The number of amides is 1. The second kappa shape index (κ2) is 5.45. The molecule has 0 atom stereocenters. The van der Waals surface area contributed by atoms with E-state index in [9.17, 15) is 4.79 Å². The Morgan fingerprint density at radius 2 is 2.32 bits per heavy atom. The van der Waals surface area contributed by atoms with E-state index in [0.717, 1.165) is 29.0 Å². The van der Waals surface area contributed by atoms with Crippen LogP contribution in [0.5, 0.6) is 0 Å². The van der Waals surface area contributed by atoms with Crippen molar-refractivity contribution in [1.29, 1.82) is 0 Å². The average Bonchev–Trinajstić information content (AvgIpc) is 2.86. The molecule has 0 spiro atoms. The molecule has 19 heavy (non-hydrogen) atoms. The lowest BCUT2D eigenvalue weighted by molar-refractivity contribution is 0.102. The van der Waals surface area contributed by atoms with Crippen LogP contribution in [0.2, 0.25) is 0 Å². The van der Waals surface area contributed by atoms with Gasteiger partial charge in [-0.15, -0.1) is 11.3 Å². The van der Waals surface area contributed by atoms with Crippen LogP contribution >= 0.6 is 27.3 Å². The first-order valence-electron chi connectivity index (χ1n) is 6.11. The summed E-state index contributed by atoms with van der Waals surface area (Å²) < 4.78 is 0.969. The number of halogens is 1.